The summed E-state index contributed by atoms with van der Waals surface area (Å²) >= 11 is 6.24. The maximum absolute atomic E-state index is 12.9. The zero-order chi connectivity index (χ0) is 19.6. The summed E-state index contributed by atoms with van der Waals surface area (Å²) < 4.78 is 27.3. The molecule has 1 saturated heterocycles. The van der Waals surface area contributed by atoms with Crippen LogP contribution in [0.4, 0.5) is 0 Å². The number of nitrogens with one attached hydrogen (secondary N) is 1. The van der Waals surface area contributed by atoms with E-state index < -0.39 is 10.0 Å². The Bertz CT molecular complexity index is 790. The molecule has 3 rings (SSSR count). The van der Waals surface area contributed by atoms with Crippen LogP contribution in [0.3, 0.4) is 0 Å². The molecule has 0 bridgehead atoms. The van der Waals surface area contributed by atoms with E-state index in [1.54, 1.807) is 0 Å². The van der Waals surface area contributed by atoms with E-state index >= 15 is 0 Å². The maximum atomic E-state index is 12.9. The normalized spacial score (nSPS) is 27.3. The molecule has 7 heteroatoms. The molecule has 2 aliphatic rings. The molecule has 3 atom stereocenters. The Morgan fingerprint density at radius 3 is 2.52 bits per heavy atom. The molecule has 0 spiro atoms. The van der Waals surface area contributed by atoms with Crippen molar-refractivity contribution in [1.82, 2.24) is 9.62 Å². The van der Waals surface area contributed by atoms with Gasteiger partial charge in [-0.25, -0.2) is 8.42 Å². The fraction of sp³-hybridized carbons (Fsp3) is 0.650. The molecule has 1 aliphatic carbocycles. The van der Waals surface area contributed by atoms with Gasteiger partial charge in [0.15, 0.2) is 0 Å². The van der Waals surface area contributed by atoms with E-state index in [1.807, 2.05) is 0 Å². The fourth-order valence-corrected chi connectivity index (χ4v) is 5.87. The molecule has 2 fully saturated rings. The molecule has 0 aromatic heterocycles. The van der Waals surface area contributed by atoms with E-state index in [2.05, 4.69) is 19.2 Å². The van der Waals surface area contributed by atoms with Gasteiger partial charge in [-0.3, -0.25) is 4.79 Å². The monoisotopic (exact) mass is 412 g/mol. The van der Waals surface area contributed by atoms with Crippen molar-refractivity contribution in [1.29, 1.82) is 0 Å². The lowest BCUT2D eigenvalue weighted by Gasteiger charge is -2.34. The second-order valence-electron chi connectivity index (χ2n) is 7.95. The zero-order valence-corrected chi connectivity index (χ0v) is 17.7. The molecule has 5 nitrogen and oxygen atoms in total. The summed E-state index contributed by atoms with van der Waals surface area (Å²) in [6.45, 7) is 5.43. The molecule has 1 N–H and O–H groups in total. The van der Waals surface area contributed by atoms with Crippen LogP contribution in [0.15, 0.2) is 23.1 Å². The van der Waals surface area contributed by atoms with Crippen LogP contribution >= 0.6 is 11.6 Å². The number of halogens is 1. The van der Waals surface area contributed by atoms with Gasteiger partial charge in [0.1, 0.15) is 0 Å². The molecule has 27 heavy (non-hydrogen) atoms. The fourth-order valence-electron chi connectivity index (χ4n) is 4.13. The molecule has 1 heterocycles. The lowest BCUT2D eigenvalue weighted by molar-refractivity contribution is 0.0891. The molecule has 1 aromatic rings. The summed E-state index contributed by atoms with van der Waals surface area (Å²) in [4.78, 5) is 13.0. The zero-order valence-electron chi connectivity index (χ0n) is 16.1. The maximum Gasteiger partial charge on any atom is 0.253 e. The third-order valence-corrected chi connectivity index (χ3v) is 8.38. The number of benzene rings is 1. The van der Waals surface area contributed by atoms with E-state index in [0.717, 1.165) is 32.1 Å². The lowest BCUT2D eigenvalue weighted by atomic mass is 9.78. The van der Waals surface area contributed by atoms with Gasteiger partial charge in [-0.15, -0.1) is 0 Å². The third-order valence-electron chi connectivity index (χ3n) is 6.16. The molecular weight excluding hydrogens is 384 g/mol. The smallest absolute Gasteiger partial charge is 0.253 e. The third kappa shape index (κ3) is 4.49. The highest BCUT2D eigenvalue weighted by Crippen LogP contribution is 2.30. The van der Waals surface area contributed by atoms with Crippen LogP contribution in [-0.2, 0) is 10.0 Å². The molecule has 1 aliphatic heterocycles. The van der Waals surface area contributed by atoms with Crippen molar-refractivity contribution < 1.29 is 13.2 Å². The van der Waals surface area contributed by atoms with Crippen LogP contribution < -0.4 is 5.32 Å². The number of hydrogen-bond donors (Lipinski definition) is 1. The van der Waals surface area contributed by atoms with Gasteiger partial charge >= 0.3 is 0 Å². The highest BCUT2D eigenvalue weighted by Gasteiger charge is 2.30. The van der Waals surface area contributed by atoms with Crippen LogP contribution in [0, 0.1) is 11.8 Å². The summed E-state index contributed by atoms with van der Waals surface area (Å²) in [6.07, 6.45) is 6.01. The van der Waals surface area contributed by atoms with Gasteiger partial charge in [-0.05, 0) is 49.3 Å². The first-order valence-corrected chi connectivity index (χ1v) is 11.7. The minimum absolute atomic E-state index is 0.0969. The SMILES string of the molecule is C[C@H]1[C@H](C)CCC[C@@H]1NC(=O)c1cc(S(=O)(=O)N2CCCCC2)ccc1Cl. The quantitative estimate of drug-likeness (QED) is 0.810. The number of rotatable bonds is 4. The summed E-state index contributed by atoms with van der Waals surface area (Å²) in [7, 11) is -3.59. The molecule has 0 unspecified atom stereocenters. The van der Waals surface area contributed by atoms with Gasteiger partial charge in [0.25, 0.3) is 5.91 Å². The number of amides is 1. The predicted octanol–water partition coefficient (Wildman–Crippen LogP) is 4.07. The molecule has 1 saturated carbocycles. The Kier molecular flexibility index (Phi) is 6.49. The van der Waals surface area contributed by atoms with Crippen molar-refractivity contribution >= 4 is 27.5 Å². The highest BCUT2D eigenvalue weighted by atomic mass is 35.5. The Morgan fingerprint density at radius 1 is 1.11 bits per heavy atom. The topological polar surface area (TPSA) is 66.5 Å². The minimum atomic E-state index is -3.59. The van der Waals surface area contributed by atoms with E-state index in [4.69, 9.17) is 11.6 Å². The summed E-state index contributed by atoms with van der Waals surface area (Å²) in [6, 6.07) is 4.53. The van der Waals surface area contributed by atoms with Crippen molar-refractivity contribution in [2.24, 2.45) is 11.8 Å². The summed E-state index contributed by atoms with van der Waals surface area (Å²) in [5.74, 6) is 0.661. The van der Waals surface area contributed by atoms with Gasteiger partial charge in [-0.2, -0.15) is 4.31 Å². The van der Waals surface area contributed by atoms with Gasteiger partial charge < -0.3 is 5.32 Å². The molecule has 150 valence electrons. The van der Waals surface area contributed by atoms with E-state index in [9.17, 15) is 13.2 Å². The van der Waals surface area contributed by atoms with Crippen molar-refractivity contribution in [3.05, 3.63) is 28.8 Å². The second kappa shape index (κ2) is 8.50. The lowest BCUT2D eigenvalue weighted by Crippen LogP contribution is -2.43. The van der Waals surface area contributed by atoms with Crippen molar-refractivity contribution in [2.45, 2.75) is 63.3 Å². The van der Waals surface area contributed by atoms with Crippen molar-refractivity contribution in [2.75, 3.05) is 13.1 Å². The van der Waals surface area contributed by atoms with Crippen LogP contribution in [0.1, 0.15) is 62.7 Å². The van der Waals surface area contributed by atoms with E-state index in [0.29, 0.717) is 24.9 Å². The Balaban J connectivity index is 1.81. The number of piperidine rings is 1. The number of nitrogens with zero attached hydrogens (tertiary/aromatic N) is 1. The standard InChI is InChI=1S/C20H29ClN2O3S/c1-14-7-6-8-19(15(14)2)22-20(24)17-13-16(9-10-18(17)21)27(25,26)23-11-4-3-5-12-23/h9-10,13-15,19H,3-8,11-12H2,1-2H3,(H,22,24)/t14-,15+,19+/m1/s1. The van der Waals surface area contributed by atoms with Crippen LogP contribution in [0.2, 0.25) is 5.02 Å². The summed E-state index contributed by atoms with van der Waals surface area (Å²) in [5, 5.41) is 3.36. The van der Waals surface area contributed by atoms with Crippen LogP contribution in [0.5, 0.6) is 0 Å². The van der Waals surface area contributed by atoms with E-state index in [-0.39, 0.29) is 27.4 Å². The molecule has 1 amide bonds. The number of sulfonamides is 1. The van der Waals surface area contributed by atoms with Gasteiger partial charge in [0, 0.05) is 19.1 Å². The van der Waals surface area contributed by atoms with Crippen LogP contribution in [0.25, 0.3) is 0 Å². The van der Waals surface area contributed by atoms with E-state index in [1.165, 1.54) is 28.9 Å². The average molecular weight is 413 g/mol. The number of carbonyl (C=O) groups is 1. The minimum Gasteiger partial charge on any atom is -0.349 e. The number of hydrogen-bond acceptors (Lipinski definition) is 3. The average Bonchev–Trinajstić information content (AvgIpc) is 2.66. The Hall–Kier alpha value is -1.11. The van der Waals surface area contributed by atoms with Crippen molar-refractivity contribution in [3.63, 3.8) is 0 Å². The molecular formula is C20H29ClN2O3S. The van der Waals surface area contributed by atoms with Gasteiger partial charge in [0.2, 0.25) is 10.0 Å². The Morgan fingerprint density at radius 2 is 1.81 bits per heavy atom. The largest absolute Gasteiger partial charge is 0.349 e. The first-order valence-electron chi connectivity index (χ1n) is 9.91. The highest BCUT2D eigenvalue weighted by molar-refractivity contribution is 7.89. The van der Waals surface area contributed by atoms with Crippen molar-refractivity contribution in [3.8, 4) is 0 Å². The molecule has 0 radical (unpaired) electrons. The number of carbonyl (C=O) groups excluding carboxylic acids is 1. The summed E-state index contributed by atoms with van der Waals surface area (Å²) in [5.41, 5.74) is 0.236. The second-order valence-corrected chi connectivity index (χ2v) is 10.3. The van der Waals surface area contributed by atoms with Gasteiger partial charge in [-0.1, -0.05) is 44.7 Å². The van der Waals surface area contributed by atoms with Gasteiger partial charge in [0.05, 0.1) is 15.5 Å². The first-order chi connectivity index (χ1) is 12.8. The molecule has 1 aromatic carbocycles. The Labute approximate surface area is 167 Å². The first kappa shape index (κ1) is 20.6. The van der Waals surface area contributed by atoms with Crippen LogP contribution in [-0.4, -0.2) is 37.8 Å². The predicted molar refractivity (Wildman–Crippen MR) is 107 cm³/mol.